The number of nitrogens with one attached hydrogen (secondary N) is 1. The number of likely N-dealkylation sites (tertiary alicyclic amines) is 1. The molecule has 2 aliphatic heterocycles. The number of alkyl halides is 6. The molecular weight excluding hydrogens is 612 g/mol. The van der Waals surface area contributed by atoms with Crippen molar-refractivity contribution in [3.63, 3.8) is 0 Å². The van der Waals surface area contributed by atoms with Crippen molar-refractivity contribution >= 4 is 45.7 Å². The monoisotopic (exact) mass is 637 g/mol. The molecule has 2 aromatic carbocycles. The predicted molar refractivity (Wildman–Crippen MR) is 150 cm³/mol. The standard InChI is InChI=1S/C29H25F6N5O3S/c30-28(31,32)19-5-4-17(22(9-19)29(33,34)35)12-40-23-6-1-15(7-18(23)11-36-40)8-24-26(43)38-27(44-24)39-13-20(10-21(39)14-41)37-25(42)16-2-3-16/h1,4-9,11,16,20-21,41H,2-3,10,12-14H2,(H,37,42)/t20-,21-/m1/s1. The number of nitrogens with zero attached hydrogens (tertiary/aromatic N) is 4. The molecule has 3 aliphatic rings. The van der Waals surface area contributed by atoms with Crippen molar-refractivity contribution in [1.29, 1.82) is 0 Å². The topological polar surface area (TPSA) is 99.8 Å². The lowest BCUT2D eigenvalue weighted by molar-refractivity contribution is -0.143. The largest absolute Gasteiger partial charge is 0.416 e. The smallest absolute Gasteiger partial charge is 0.394 e. The van der Waals surface area contributed by atoms with Crippen LogP contribution in [0.1, 0.15) is 41.5 Å². The van der Waals surface area contributed by atoms with E-state index in [1.165, 1.54) is 10.9 Å². The Morgan fingerprint density at radius 3 is 2.55 bits per heavy atom. The Kier molecular flexibility index (Phi) is 7.72. The molecule has 0 radical (unpaired) electrons. The Morgan fingerprint density at radius 2 is 1.86 bits per heavy atom. The van der Waals surface area contributed by atoms with E-state index in [2.05, 4.69) is 15.4 Å². The molecule has 2 amide bonds. The lowest BCUT2D eigenvalue weighted by Gasteiger charge is -2.23. The van der Waals surface area contributed by atoms with Crippen LogP contribution >= 0.6 is 11.8 Å². The average molecular weight is 638 g/mol. The highest BCUT2D eigenvalue weighted by atomic mass is 32.2. The van der Waals surface area contributed by atoms with Gasteiger partial charge in [0, 0.05) is 23.9 Å². The summed E-state index contributed by atoms with van der Waals surface area (Å²) < 4.78 is 81.3. The van der Waals surface area contributed by atoms with E-state index < -0.39 is 35.9 Å². The third-order valence-corrected chi connectivity index (χ3v) is 8.82. The Balaban J connectivity index is 1.18. The van der Waals surface area contributed by atoms with Crippen molar-refractivity contribution in [2.75, 3.05) is 13.2 Å². The van der Waals surface area contributed by atoms with Crippen LogP contribution in [0.3, 0.4) is 0 Å². The number of carbonyl (C=O) groups excluding carboxylic acids is 2. The molecule has 2 atom stereocenters. The van der Waals surface area contributed by atoms with Gasteiger partial charge in [0.15, 0.2) is 5.17 Å². The Morgan fingerprint density at radius 1 is 1.09 bits per heavy atom. The van der Waals surface area contributed by atoms with Gasteiger partial charge in [0.1, 0.15) is 0 Å². The van der Waals surface area contributed by atoms with Gasteiger partial charge in [-0.25, -0.2) is 0 Å². The minimum atomic E-state index is -5.00. The van der Waals surface area contributed by atoms with Crippen LogP contribution in [0.25, 0.3) is 17.0 Å². The zero-order valence-corrected chi connectivity index (χ0v) is 23.6. The van der Waals surface area contributed by atoms with Gasteiger partial charge in [0.05, 0.1) is 46.9 Å². The summed E-state index contributed by atoms with van der Waals surface area (Å²) in [5, 5.41) is 18.0. The van der Waals surface area contributed by atoms with Crippen LogP contribution in [0.5, 0.6) is 0 Å². The van der Waals surface area contributed by atoms with E-state index in [1.54, 1.807) is 24.3 Å². The third kappa shape index (κ3) is 6.20. The van der Waals surface area contributed by atoms with Gasteiger partial charge in [0.25, 0.3) is 5.91 Å². The minimum absolute atomic E-state index is 0.00471. The van der Waals surface area contributed by atoms with E-state index in [1.807, 2.05) is 4.90 Å². The van der Waals surface area contributed by atoms with Gasteiger partial charge in [-0.05, 0) is 72.5 Å². The molecule has 0 unspecified atom stereocenters. The first-order chi connectivity index (χ1) is 20.8. The van der Waals surface area contributed by atoms with Crippen molar-refractivity contribution < 1.29 is 41.0 Å². The van der Waals surface area contributed by atoms with Crippen LogP contribution in [0.15, 0.2) is 52.5 Å². The Bertz CT molecular complexity index is 1690. The van der Waals surface area contributed by atoms with E-state index in [-0.39, 0.29) is 42.1 Å². The van der Waals surface area contributed by atoms with Gasteiger partial charge < -0.3 is 15.3 Å². The molecule has 3 heterocycles. The second kappa shape index (κ2) is 11.3. The summed E-state index contributed by atoms with van der Waals surface area (Å²) in [5.74, 6) is -0.410. The molecule has 232 valence electrons. The molecule has 44 heavy (non-hydrogen) atoms. The average Bonchev–Trinajstić information content (AvgIpc) is 3.49. The van der Waals surface area contributed by atoms with Crippen LogP contribution in [0, 0.1) is 5.92 Å². The van der Waals surface area contributed by atoms with Crippen LogP contribution in [-0.4, -0.2) is 62.0 Å². The van der Waals surface area contributed by atoms with E-state index in [9.17, 15) is 41.0 Å². The fourth-order valence-electron chi connectivity index (χ4n) is 5.40. The number of amides is 2. The van der Waals surface area contributed by atoms with E-state index in [0.717, 1.165) is 30.7 Å². The zero-order chi connectivity index (χ0) is 31.4. The number of rotatable bonds is 6. The number of aliphatic hydroxyl groups is 1. The second-order valence-corrected chi connectivity index (χ2v) is 12.0. The summed E-state index contributed by atoms with van der Waals surface area (Å²) in [4.78, 5) is 31.3. The number of amidine groups is 1. The quantitative estimate of drug-likeness (QED) is 0.290. The van der Waals surface area contributed by atoms with E-state index in [4.69, 9.17) is 0 Å². The number of carbonyl (C=O) groups is 2. The fourth-order valence-corrected chi connectivity index (χ4v) is 6.40. The number of hydrogen-bond donors (Lipinski definition) is 2. The van der Waals surface area contributed by atoms with Crippen molar-refractivity contribution in [2.24, 2.45) is 10.9 Å². The molecule has 1 saturated carbocycles. The highest BCUT2D eigenvalue weighted by Crippen LogP contribution is 2.38. The maximum atomic E-state index is 13.6. The number of hydrogen-bond acceptors (Lipinski definition) is 6. The van der Waals surface area contributed by atoms with Gasteiger partial charge >= 0.3 is 12.4 Å². The van der Waals surface area contributed by atoms with Gasteiger partial charge in [-0.1, -0.05) is 12.1 Å². The molecule has 0 spiro atoms. The van der Waals surface area contributed by atoms with Crippen molar-refractivity contribution in [2.45, 2.75) is 50.2 Å². The SMILES string of the molecule is O=C1N=C(N2C[C@H](NC(=O)C3CC3)C[C@@H]2CO)SC1=Cc1ccc2c(cnn2Cc2ccc(C(F)(F)F)cc2C(F)(F)F)c1. The number of halogens is 6. The molecule has 15 heteroatoms. The molecule has 8 nitrogen and oxygen atoms in total. The Labute approximate surface area is 250 Å². The minimum Gasteiger partial charge on any atom is -0.394 e. The van der Waals surface area contributed by atoms with Crippen LogP contribution in [0.2, 0.25) is 0 Å². The third-order valence-electron chi connectivity index (χ3n) is 7.80. The molecule has 2 N–H and O–H groups in total. The zero-order valence-electron chi connectivity index (χ0n) is 22.8. The first-order valence-corrected chi connectivity index (χ1v) is 14.5. The number of fused-ring (bicyclic) bond motifs is 1. The van der Waals surface area contributed by atoms with Crippen molar-refractivity contribution in [3.05, 3.63) is 69.8 Å². The molecule has 0 bridgehead atoms. The normalized spacial score (nSPS) is 21.9. The summed E-state index contributed by atoms with van der Waals surface area (Å²) in [6.07, 6.45) is -4.59. The van der Waals surface area contributed by atoms with Gasteiger partial charge in [0.2, 0.25) is 5.91 Å². The summed E-state index contributed by atoms with van der Waals surface area (Å²) in [5.41, 5.74) is -2.09. The van der Waals surface area contributed by atoms with Crippen LogP contribution in [0.4, 0.5) is 26.3 Å². The summed E-state index contributed by atoms with van der Waals surface area (Å²) >= 11 is 1.14. The van der Waals surface area contributed by atoms with Gasteiger partial charge in [-0.15, -0.1) is 0 Å². The first-order valence-electron chi connectivity index (χ1n) is 13.7. The van der Waals surface area contributed by atoms with Crippen molar-refractivity contribution in [1.82, 2.24) is 20.0 Å². The molecule has 3 aromatic rings. The number of aliphatic hydroxyl groups excluding tert-OH is 1. The number of aliphatic imine (C=N–C) groups is 1. The highest BCUT2D eigenvalue weighted by Gasteiger charge is 2.40. The predicted octanol–water partition coefficient (Wildman–Crippen LogP) is 5.05. The highest BCUT2D eigenvalue weighted by molar-refractivity contribution is 8.18. The molecule has 6 rings (SSSR count). The first kappa shape index (κ1) is 30.2. The number of benzene rings is 2. The van der Waals surface area contributed by atoms with E-state index >= 15 is 0 Å². The van der Waals surface area contributed by atoms with Crippen LogP contribution in [-0.2, 0) is 28.5 Å². The van der Waals surface area contributed by atoms with Crippen molar-refractivity contribution in [3.8, 4) is 0 Å². The summed E-state index contributed by atoms with van der Waals surface area (Å²) in [6.45, 7) is -0.164. The number of aromatic nitrogens is 2. The van der Waals surface area contributed by atoms with E-state index in [0.29, 0.717) is 45.6 Å². The maximum absolute atomic E-state index is 13.6. The number of thioether (sulfide) groups is 1. The molecule has 1 saturated heterocycles. The Hall–Kier alpha value is -3.85. The van der Waals surface area contributed by atoms with Gasteiger partial charge in [-0.3, -0.25) is 14.3 Å². The maximum Gasteiger partial charge on any atom is 0.416 e. The molecule has 2 fully saturated rings. The summed E-state index contributed by atoms with van der Waals surface area (Å²) in [6, 6.07) is 5.99. The lowest BCUT2D eigenvalue weighted by atomic mass is 10.0. The molecular formula is C29H25F6N5O3S. The van der Waals surface area contributed by atoms with Crippen LogP contribution < -0.4 is 5.32 Å². The molecule has 1 aromatic heterocycles. The second-order valence-electron chi connectivity index (χ2n) is 11.0. The van der Waals surface area contributed by atoms with Gasteiger partial charge in [-0.2, -0.15) is 36.4 Å². The molecule has 1 aliphatic carbocycles. The lowest BCUT2D eigenvalue weighted by Crippen LogP contribution is -2.39. The fraction of sp³-hybridized carbons (Fsp3) is 0.379. The summed E-state index contributed by atoms with van der Waals surface area (Å²) in [7, 11) is 0.